The fourth-order valence-corrected chi connectivity index (χ4v) is 6.23. The summed E-state index contributed by atoms with van der Waals surface area (Å²) in [5, 5.41) is 2.96. The first-order valence-electron chi connectivity index (χ1n) is 9.53. The minimum absolute atomic E-state index is 0.0688. The monoisotopic (exact) mass is 537 g/mol. The minimum atomic E-state index is -3.79. The number of hydrogen-bond donors (Lipinski definition) is 2. The van der Waals surface area contributed by atoms with E-state index in [4.69, 9.17) is 21.1 Å². The third kappa shape index (κ3) is 5.65. The van der Waals surface area contributed by atoms with Gasteiger partial charge in [-0.05, 0) is 54.6 Å². The Hall–Kier alpha value is -3.19. The highest BCUT2D eigenvalue weighted by Gasteiger charge is 2.17. The molecule has 13 heteroatoms. The molecule has 2 heterocycles. The summed E-state index contributed by atoms with van der Waals surface area (Å²) in [6.45, 7) is -0.508. The zero-order valence-corrected chi connectivity index (χ0v) is 20.6. The molecule has 34 heavy (non-hydrogen) atoms. The van der Waals surface area contributed by atoms with Crippen LogP contribution in [0.4, 0.5) is 10.8 Å². The molecule has 0 bridgehead atoms. The molecule has 0 aliphatic rings. The van der Waals surface area contributed by atoms with Crippen LogP contribution in [0.2, 0.25) is 4.34 Å². The lowest BCUT2D eigenvalue weighted by Crippen LogP contribution is -2.20. The second kappa shape index (κ2) is 9.97. The van der Waals surface area contributed by atoms with Crippen molar-refractivity contribution in [3.05, 3.63) is 64.5 Å². The number of nitrogens with one attached hydrogen (secondary N) is 2. The van der Waals surface area contributed by atoms with E-state index in [2.05, 4.69) is 15.0 Å². The van der Waals surface area contributed by atoms with Crippen molar-refractivity contribution in [1.82, 2.24) is 4.98 Å². The first-order chi connectivity index (χ1) is 16.2. The number of halogens is 1. The Kier molecular flexibility index (Phi) is 7.03. The van der Waals surface area contributed by atoms with Gasteiger partial charge < -0.3 is 9.47 Å². The van der Waals surface area contributed by atoms with E-state index in [0.29, 0.717) is 20.7 Å². The van der Waals surface area contributed by atoms with Crippen LogP contribution < -0.4 is 14.8 Å². The van der Waals surface area contributed by atoms with Crippen LogP contribution in [0.3, 0.4) is 0 Å². The Bertz CT molecular complexity index is 1460. The van der Waals surface area contributed by atoms with E-state index in [-0.39, 0.29) is 15.5 Å². The Morgan fingerprint density at radius 1 is 1.06 bits per heavy atom. The molecular formula is C21H16ClN3O6S3. The lowest BCUT2D eigenvalue weighted by molar-refractivity contribution is -0.119. The number of thiophene rings is 1. The summed E-state index contributed by atoms with van der Waals surface area (Å²) in [7, 11) is -2.23. The van der Waals surface area contributed by atoms with Crippen LogP contribution in [0.25, 0.3) is 10.2 Å². The molecule has 9 nitrogen and oxygen atoms in total. The van der Waals surface area contributed by atoms with Crippen LogP contribution in [0.15, 0.2) is 58.8 Å². The minimum Gasteiger partial charge on any atom is -0.497 e. The van der Waals surface area contributed by atoms with Crippen molar-refractivity contribution < 1.29 is 27.5 Å². The standard InChI is InChI=1S/C21H16ClN3O6S3/c1-30-14-6-7-15-16(10-14)32-21(23-15)24-18(26)11-31-20(27)12-2-4-13(5-3-12)25-34(28,29)19-9-8-17(22)33-19/h2-10,25H,11H2,1H3,(H,23,24,26). The molecule has 0 radical (unpaired) electrons. The Labute approximate surface area is 207 Å². The number of hydrogen-bond acceptors (Lipinski definition) is 9. The zero-order valence-electron chi connectivity index (χ0n) is 17.4. The van der Waals surface area contributed by atoms with E-state index in [9.17, 15) is 18.0 Å². The molecule has 0 aliphatic heterocycles. The van der Waals surface area contributed by atoms with Crippen LogP contribution in [-0.4, -0.2) is 39.0 Å². The molecule has 2 N–H and O–H groups in total. The number of esters is 1. The van der Waals surface area contributed by atoms with Crippen molar-refractivity contribution in [1.29, 1.82) is 0 Å². The third-order valence-electron chi connectivity index (χ3n) is 4.36. The number of carbonyl (C=O) groups is 2. The summed E-state index contributed by atoms with van der Waals surface area (Å²) in [6.07, 6.45) is 0. The predicted octanol–water partition coefficient (Wildman–Crippen LogP) is 4.62. The van der Waals surface area contributed by atoms with Gasteiger partial charge in [0.2, 0.25) is 0 Å². The van der Waals surface area contributed by atoms with Gasteiger partial charge in [0, 0.05) is 5.69 Å². The number of rotatable bonds is 8. The van der Waals surface area contributed by atoms with Crippen LogP contribution in [0.1, 0.15) is 10.4 Å². The molecule has 0 fully saturated rings. The van der Waals surface area contributed by atoms with Gasteiger partial charge in [-0.3, -0.25) is 14.8 Å². The predicted molar refractivity (Wildman–Crippen MR) is 132 cm³/mol. The highest BCUT2D eigenvalue weighted by atomic mass is 35.5. The number of nitrogens with zero attached hydrogens (tertiary/aromatic N) is 1. The number of methoxy groups -OCH3 is 1. The summed E-state index contributed by atoms with van der Waals surface area (Å²) >= 11 is 7.98. The summed E-state index contributed by atoms with van der Waals surface area (Å²) < 4.78 is 38.6. The molecule has 2 aromatic heterocycles. The fourth-order valence-electron chi connectivity index (χ4n) is 2.78. The molecule has 0 atom stereocenters. The number of thiazole rings is 1. The van der Waals surface area contributed by atoms with E-state index in [1.165, 1.54) is 47.7 Å². The van der Waals surface area contributed by atoms with Crippen molar-refractivity contribution >= 4 is 77.2 Å². The van der Waals surface area contributed by atoms with Gasteiger partial charge in [-0.15, -0.1) is 11.3 Å². The van der Waals surface area contributed by atoms with Crippen LogP contribution >= 0.6 is 34.3 Å². The molecule has 0 saturated carbocycles. The smallest absolute Gasteiger partial charge is 0.338 e. The zero-order chi connectivity index (χ0) is 24.3. The Balaban J connectivity index is 1.31. The average molecular weight is 538 g/mol. The first-order valence-corrected chi connectivity index (χ1v) is 13.0. The molecular weight excluding hydrogens is 522 g/mol. The number of fused-ring (bicyclic) bond motifs is 1. The first kappa shape index (κ1) is 24.0. The van der Waals surface area contributed by atoms with Crippen molar-refractivity contribution in [2.75, 3.05) is 23.8 Å². The molecule has 1 amide bonds. The largest absolute Gasteiger partial charge is 0.497 e. The number of sulfonamides is 1. The third-order valence-corrected chi connectivity index (χ3v) is 8.40. The number of benzene rings is 2. The summed E-state index contributed by atoms with van der Waals surface area (Å²) in [4.78, 5) is 28.7. The highest BCUT2D eigenvalue weighted by Crippen LogP contribution is 2.29. The fraction of sp³-hybridized carbons (Fsp3) is 0.0952. The van der Waals surface area contributed by atoms with Gasteiger partial charge in [0.05, 0.1) is 27.2 Å². The average Bonchev–Trinajstić information content (AvgIpc) is 3.43. The number of anilines is 2. The van der Waals surface area contributed by atoms with Crippen LogP contribution in [0, 0.1) is 0 Å². The van der Waals surface area contributed by atoms with E-state index >= 15 is 0 Å². The SMILES string of the molecule is COc1ccc2nc(NC(=O)COC(=O)c3ccc(NS(=O)(=O)c4ccc(Cl)s4)cc3)sc2c1. The second-order valence-electron chi connectivity index (χ2n) is 6.72. The van der Waals surface area contributed by atoms with Crippen molar-refractivity contribution in [2.45, 2.75) is 4.21 Å². The Morgan fingerprint density at radius 2 is 1.82 bits per heavy atom. The quantitative estimate of drug-likeness (QED) is 0.314. The molecule has 176 valence electrons. The molecule has 0 saturated heterocycles. The van der Waals surface area contributed by atoms with E-state index < -0.39 is 28.5 Å². The maximum Gasteiger partial charge on any atom is 0.338 e. The topological polar surface area (TPSA) is 124 Å². The van der Waals surface area contributed by atoms with E-state index in [1.54, 1.807) is 19.2 Å². The van der Waals surface area contributed by atoms with Gasteiger partial charge in [-0.1, -0.05) is 22.9 Å². The lowest BCUT2D eigenvalue weighted by Gasteiger charge is -2.08. The van der Waals surface area contributed by atoms with Crippen LogP contribution in [0.5, 0.6) is 5.75 Å². The number of aromatic nitrogens is 1. The number of carbonyl (C=O) groups excluding carboxylic acids is 2. The second-order valence-corrected chi connectivity index (χ2v) is 11.4. The van der Waals surface area contributed by atoms with E-state index in [1.807, 2.05) is 6.07 Å². The molecule has 0 spiro atoms. The lowest BCUT2D eigenvalue weighted by atomic mass is 10.2. The summed E-state index contributed by atoms with van der Waals surface area (Å²) in [6, 6.07) is 13.9. The highest BCUT2D eigenvalue weighted by molar-refractivity contribution is 7.94. The van der Waals surface area contributed by atoms with Gasteiger partial charge >= 0.3 is 5.97 Å². The molecule has 4 rings (SSSR count). The van der Waals surface area contributed by atoms with Crippen molar-refractivity contribution in [2.24, 2.45) is 0 Å². The number of ether oxygens (including phenoxy) is 2. The van der Waals surface area contributed by atoms with E-state index in [0.717, 1.165) is 16.0 Å². The van der Waals surface area contributed by atoms with Gasteiger partial charge in [0.25, 0.3) is 15.9 Å². The van der Waals surface area contributed by atoms with Gasteiger partial charge in [0.1, 0.15) is 9.96 Å². The van der Waals surface area contributed by atoms with Gasteiger partial charge in [-0.2, -0.15) is 0 Å². The van der Waals surface area contributed by atoms with Crippen molar-refractivity contribution in [3.63, 3.8) is 0 Å². The maximum absolute atomic E-state index is 12.3. The van der Waals surface area contributed by atoms with Crippen LogP contribution in [-0.2, 0) is 19.6 Å². The molecule has 0 unspecified atom stereocenters. The van der Waals surface area contributed by atoms with Gasteiger partial charge in [0.15, 0.2) is 11.7 Å². The summed E-state index contributed by atoms with van der Waals surface area (Å²) in [5.41, 5.74) is 1.12. The molecule has 0 aliphatic carbocycles. The van der Waals surface area contributed by atoms with Crippen molar-refractivity contribution in [3.8, 4) is 5.75 Å². The Morgan fingerprint density at radius 3 is 2.50 bits per heavy atom. The maximum atomic E-state index is 12.3. The molecule has 4 aromatic rings. The molecule has 2 aromatic carbocycles. The van der Waals surface area contributed by atoms with Gasteiger partial charge in [-0.25, -0.2) is 18.2 Å². The summed E-state index contributed by atoms with van der Waals surface area (Å²) in [5.74, 6) is -0.598. The normalized spacial score (nSPS) is 11.2. The number of amides is 1.